The van der Waals surface area contributed by atoms with Crippen molar-refractivity contribution in [1.82, 2.24) is 9.78 Å². The maximum absolute atomic E-state index is 5.26. The van der Waals surface area contributed by atoms with Crippen molar-refractivity contribution >= 4 is 33.5 Å². The van der Waals surface area contributed by atoms with Crippen LogP contribution in [0.2, 0.25) is 0 Å². The number of para-hydroxylation sites is 1. The van der Waals surface area contributed by atoms with Crippen molar-refractivity contribution in [2.45, 2.75) is 0 Å². The molecule has 13 heavy (non-hydrogen) atoms. The molecule has 0 aliphatic rings. The van der Waals surface area contributed by atoms with Crippen LogP contribution in [0.4, 0.5) is 0 Å². The van der Waals surface area contributed by atoms with Gasteiger partial charge in [0.25, 0.3) is 0 Å². The summed E-state index contributed by atoms with van der Waals surface area (Å²) in [5.41, 5.74) is 1.05. The van der Waals surface area contributed by atoms with E-state index >= 15 is 0 Å². The van der Waals surface area contributed by atoms with Gasteiger partial charge in [0.1, 0.15) is 15.0 Å². The second-order valence-electron chi connectivity index (χ2n) is 2.77. The first-order chi connectivity index (χ1) is 6.24. The van der Waals surface area contributed by atoms with Crippen LogP contribution in [0.3, 0.4) is 0 Å². The maximum atomic E-state index is 5.26. The van der Waals surface area contributed by atoms with E-state index in [2.05, 4.69) is 27.7 Å². The monoisotopic (exact) mass is 288 g/mol. The van der Waals surface area contributed by atoms with Crippen molar-refractivity contribution < 1.29 is 4.74 Å². The number of aryl methyl sites for hydroxylation is 1. The summed E-state index contributed by atoms with van der Waals surface area (Å²) in [5, 5.41) is 5.46. The molecule has 4 heteroatoms. The average Bonchev–Trinajstić information content (AvgIpc) is 2.43. The van der Waals surface area contributed by atoms with Crippen molar-refractivity contribution in [1.29, 1.82) is 0 Å². The van der Waals surface area contributed by atoms with Gasteiger partial charge in [0.2, 0.25) is 0 Å². The molecule has 1 aromatic carbocycles. The molecule has 0 amide bonds. The zero-order valence-corrected chi connectivity index (χ0v) is 9.57. The first kappa shape index (κ1) is 8.80. The van der Waals surface area contributed by atoms with E-state index in [4.69, 9.17) is 4.74 Å². The third-order valence-corrected chi connectivity index (χ3v) is 2.80. The Morgan fingerprint density at radius 1 is 1.46 bits per heavy atom. The summed E-state index contributed by atoms with van der Waals surface area (Å²) in [6, 6.07) is 5.97. The van der Waals surface area contributed by atoms with Crippen molar-refractivity contribution in [2.75, 3.05) is 7.11 Å². The highest BCUT2D eigenvalue weighted by Gasteiger charge is 2.09. The van der Waals surface area contributed by atoms with Crippen LogP contribution in [0.1, 0.15) is 0 Å². The molecule has 1 heterocycles. The van der Waals surface area contributed by atoms with Gasteiger partial charge in [-0.3, -0.25) is 4.68 Å². The number of hydrogen-bond donors (Lipinski definition) is 0. The van der Waals surface area contributed by atoms with Gasteiger partial charge in [0.05, 0.1) is 7.11 Å². The predicted molar refractivity (Wildman–Crippen MR) is 60.0 cm³/mol. The van der Waals surface area contributed by atoms with E-state index in [-0.39, 0.29) is 0 Å². The van der Waals surface area contributed by atoms with Crippen LogP contribution in [0, 0.1) is 3.70 Å². The average molecular weight is 288 g/mol. The molecule has 0 aliphatic carbocycles. The van der Waals surface area contributed by atoms with Gasteiger partial charge in [-0.1, -0.05) is 6.07 Å². The lowest BCUT2D eigenvalue weighted by Gasteiger charge is -2.01. The Hall–Kier alpha value is -0.780. The van der Waals surface area contributed by atoms with Crippen molar-refractivity contribution in [3.63, 3.8) is 0 Å². The van der Waals surface area contributed by atoms with Gasteiger partial charge in [-0.15, -0.1) is 0 Å². The molecule has 0 atom stereocenters. The lowest BCUT2D eigenvalue weighted by molar-refractivity contribution is 0.417. The largest absolute Gasteiger partial charge is 0.494 e. The quantitative estimate of drug-likeness (QED) is 0.752. The number of halogens is 1. The van der Waals surface area contributed by atoms with E-state index in [0.29, 0.717) is 0 Å². The van der Waals surface area contributed by atoms with E-state index in [1.165, 1.54) is 0 Å². The normalized spacial score (nSPS) is 10.7. The molecule has 68 valence electrons. The zero-order valence-electron chi connectivity index (χ0n) is 7.41. The number of ether oxygens (including phenoxy) is 1. The molecule has 0 saturated carbocycles. The van der Waals surface area contributed by atoms with Crippen LogP contribution in [0.15, 0.2) is 18.2 Å². The number of methoxy groups -OCH3 is 1. The standard InChI is InChI=1S/C9H9IN2O/c1-12-8-6(9(10)11-12)4-3-5-7(8)13-2/h3-5H,1-2H3. The highest BCUT2D eigenvalue weighted by atomic mass is 127. The van der Waals surface area contributed by atoms with Crippen LogP contribution < -0.4 is 4.74 Å². The minimum atomic E-state index is 0.871. The van der Waals surface area contributed by atoms with E-state index in [1.54, 1.807) is 7.11 Å². The van der Waals surface area contributed by atoms with Gasteiger partial charge in [0, 0.05) is 12.4 Å². The molecule has 0 bridgehead atoms. The molecule has 1 aromatic heterocycles. The van der Waals surface area contributed by atoms with Crippen LogP contribution in [0.5, 0.6) is 5.75 Å². The lowest BCUT2D eigenvalue weighted by Crippen LogP contribution is -1.92. The predicted octanol–water partition coefficient (Wildman–Crippen LogP) is 2.19. The Morgan fingerprint density at radius 3 is 2.92 bits per heavy atom. The van der Waals surface area contributed by atoms with Gasteiger partial charge < -0.3 is 4.74 Å². The van der Waals surface area contributed by atoms with E-state index in [0.717, 1.165) is 20.4 Å². The Kier molecular flexibility index (Phi) is 2.15. The fraction of sp³-hybridized carbons (Fsp3) is 0.222. The molecule has 0 unspecified atom stereocenters. The van der Waals surface area contributed by atoms with Crippen molar-refractivity contribution in [3.05, 3.63) is 21.9 Å². The zero-order chi connectivity index (χ0) is 9.42. The van der Waals surface area contributed by atoms with Crippen molar-refractivity contribution in [2.24, 2.45) is 7.05 Å². The van der Waals surface area contributed by atoms with Crippen LogP contribution >= 0.6 is 22.6 Å². The van der Waals surface area contributed by atoms with Gasteiger partial charge >= 0.3 is 0 Å². The number of rotatable bonds is 1. The first-order valence-corrected chi connectivity index (χ1v) is 4.97. The number of aromatic nitrogens is 2. The summed E-state index contributed by atoms with van der Waals surface area (Å²) < 4.78 is 8.11. The summed E-state index contributed by atoms with van der Waals surface area (Å²) in [4.78, 5) is 0. The summed E-state index contributed by atoms with van der Waals surface area (Å²) in [6.07, 6.45) is 0. The lowest BCUT2D eigenvalue weighted by atomic mass is 10.2. The topological polar surface area (TPSA) is 27.1 Å². The fourth-order valence-electron chi connectivity index (χ4n) is 1.42. The maximum Gasteiger partial charge on any atom is 0.144 e. The Morgan fingerprint density at radius 2 is 2.23 bits per heavy atom. The molecule has 0 spiro atoms. The summed E-state index contributed by atoms with van der Waals surface area (Å²) in [5.74, 6) is 0.871. The third kappa shape index (κ3) is 1.29. The second kappa shape index (κ2) is 3.17. The van der Waals surface area contributed by atoms with E-state index in [1.807, 2.05) is 29.9 Å². The van der Waals surface area contributed by atoms with Crippen LogP contribution in [-0.4, -0.2) is 16.9 Å². The molecule has 0 radical (unpaired) electrons. The molecular weight excluding hydrogens is 279 g/mol. The summed E-state index contributed by atoms with van der Waals surface area (Å²) >= 11 is 2.22. The van der Waals surface area contributed by atoms with Crippen LogP contribution in [0.25, 0.3) is 10.9 Å². The fourth-order valence-corrected chi connectivity index (χ4v) is 2.18. The van der Waals surface area contributed by atoms with E-state index < -0.39 is 0 Å². The molecular formula is C9H9IN2O. The number of hydrogen-bond acceptors (Lipinski definition) is 2. The van der Waals surface area contributed by atoms with Gasteiger partial charge in [-0.2, -0.15) is 5.10 Å². The molecule has 0 N–H and O–H groups in total. The number of fused-ring (bicyclic) bond motifs is 1. The highest BCUT2D eigenvalue weighted by molar-refractivity contribution is 14.1. The Labute approximate surface area is 89.8 Å². The SMILES string of the molecule is COc1cccc2c(I)nn(C)c12. The smallest absolute Gasteiger partial charge is 0.144 e. The summed E-state index contributed by atoms with van der Waals surface area (Å²) in [7, 11) is 3.60. The number of nitrogens with zero attached hydrogens (tertiary/aromatic N) is 2. The molecule has 0 fully saturated rings. The summed E-state index contributed by atoms with van der Waals surface area (Å²) in [6.45, 7) is 0. The van der Waals surface area contributed by atoms with Gasteiger partial charge in [-0.05, 0) is 34.7 Å². The van der Waals surface area contributed by atoms with Gasteiger partial charge in [-0.25, -0.2) is 0 Å². The number of benzene rings is 1. The van der Waals surface area contributed by atoms with Crippen LogP contribution in [-0.2, 0) is 7.05 Å². The molecule has 0 saturated heterocycles. The Bertz CT molecular complexity index is 450. The minimum absolute atomic E-state index is 0.871. The van der Waals surface area contributed by atoms with E-state index in [9.17, 15) is 0 Å². The Balaban J connectivity index is 2.88. The first-order valence-electron chi connectivity index (χ1n) is 3.89. The van der Waals surface area contributed by atoms with Gasteiger partial charge in [0.15, 0.2) is 0 Å². The molecule has 0 aliphatic heterocycles. The molecule has 3 nitrogen and oxygen atoms in total. The van der Waals surface area contributed by atoms with Crippen molar-refractivity contribution in [3.8, 4) is 5.75 Å². The molecule has 2 aromatic rings. The molecule has 2 rings (SSSR count). The minimum Gasteiger partial charge on any atom is -0.494 e. The second-order valence-corrected chi connectivity index (χ2v) is 3.79. The third-order valence-electron chi connectivity index (χ3n) is 2.00. The highest BCUT2D eigenvalue weighted by Crippen LogP contribution is 2.27.